The first-order valence-corrected chi connectivity index (χ1v) is 7.56. The second-order valence-electron chi connectivity index (χ2n) is 5.03. The molecule has 1 aromatic carbocycles. The Hall–Kier alpha value is -0.530. The predicted molar refractivity (Wildman–Crippen MR) is 81.4 cm³/mol. The summed E-state index contributed by atoms with van der Waals surface area (Å²) in [6.07, 6.45) is 6.17. The molecule has 0 saturated carbocycles. The third-order valence-electron chi connectivity index (χ3n) is 3.27. The number of aryl methyl sites for hydroxylation is 1. The molecule has 0 aromatic heterocycles. The van der Waals surface area contributed by atoms with Gasteiger partial charge in [-0.2, -0.15) is 0 Å². The third kappa shape index (κ3) is 4.99. The second-order valence-corrected chi connectivity index (χ2v) is 5.43. The number of benzene rings is 1. The minimum atomic E-state index is 0.407. The number of halogens is 1. The Morgan fingerprint density at radius 3 is 2.56 bits per heavy atom. The summed E-state index contributed by atoms with van der Waals surface area (Å²) in [5.74, 6) is 0. The van der Waals surface area contributed by atoms with Crippen molar-refractivity contribution in [1.82, 2.24) is 5.32 Å². The molecule has 0 fully saturated rings. The van der Waals surface area contributed by atoms with Crippen LogP contribution < -0.4 is 5.32 Å². The highest BCUT2D eigenvalue weighted by Gasteiger charge is 2.13. The highest BCUT2D eigenvalue weighted by atomic mass is 35.5. The van der Waals surface area contributed by atoms with Crippen LogP contribution in [-0.2, 0) is 0 Å². The van der Waals surface area contributed by atoms with Gasteiger partial charge in [-0.05, 0) is 43.5 Å². The average Bonchev–Trinajstić information content (AvgIpc) is 2.34. The maximum Gasteiger partial charge on any atom is 0.0456 e. The molecule has 1 rings (SSSR count). The van der Waals surface area contributed by atoms with Gasteiger partial charge in [0.1, 0.15) is 0 Å². The van der Waals surface area contributed by atoms with E-state index >= 15 is 0 Å². The van der Waals surface area contributed by atoms with E-state index in [1.54, 1.807) is 0 Å². The van der Waals surface area contributed by atoms with E-state index in [9.17, 15) is 0 Å². The molecule has 2 heteroatoms. The van der Waals surface area contributed by atoms with Gasteiger partial charge >= 0.3 is 0 Å². The summed E-state index contributed by atoms with van der Waals surface area (Å²) >= 11 is 6.38. The van der Waals surface area contributed by atoms with E-state index < -0.39 is 0 Å². The van der Waals surface area contributed by atoms with Gasteiger partial charge in [0.2, 0.25) is 0 Å². The molecule has 1 nitrogen and oxygen atoms in total. The van der Waals surface area contributed by atoms with Crippen molar-refractivity contribution in [3.8, 4) is 0 Å². The van der Waals surface area contributed by atoms with Crippen LogP contribution in [0.2, 0.25) is 5.02 Å². The number of hydrogen-bond acceptors (Lipinski definition) is 1. The summed E-state index contributed by atoms with van der Waals surface area (Å²) in [5.41, 5.74) is 2.48. The Balaban J connectivity index is 2.73. The van der Waals surface area contributed by atoms with E-state index in [0.717, 1.165) is 18.0 Å². The van der Waals surface area contributed by atoms with Gasteiger partial charge in [0.25, 0.3) is 0 Å². The lowest BCUT2D eigenvalue weighted by atomic mass is 9.99. The van der Waals surface area contributed by atoms with Crippen LogP contribution in [0.3, 0.4) is 0 Å². The van der Waals surface area contributed by atoms with Crippen molar-refractivity contribution in [2.75, 3.05) is 6.54 Å². The van der Waals surface area contributed by atoms with Gasteiger partial charge < -0.3 is 5.32 Å². The lowest BCUT2D eigenvalue weighted by molar-refractivity contribution is 0.474. The third-order valence-corrected chi connectivity index (χ3v) is 3.60. The fraction of sp³-hybridized carbons (Fsp3) is 0.625. The van der Waals surface area contributed by atoms with E-state index in [4.69, 9.17) is 11.6 Å². The zero-order valence-electron chi connectivity index (χ0n) is 11.9. The number of rotatable bonds is 8. The average molecular weight is 268 g/mol. The molecule has 1 unspecified atom stereocenters. The quantitative estimate of drug-likeness (QED) is 0.633. The fourth-order valence-electron chi connectivity index (χ4n) is 2.20. The second kappa shape index (κ2) is 8.55. The Morgan fingerprint density at radius 1 is 1.17 bits per heavy atom. The smallest absolute Gasteiger partial charge is 0.0456 e. The first-order chi connectivity index (χ1) is 8.69. The normalized spacial score (nSPS) is 12.7. The van der Waals surface area contributed by atoms with Crippen LogP contribution in [0, 0.1) is 6.92 Å². The highest BCUT2D eigenvalue weighted by Crippen LogP contribution is 2.27. The van der Waals surface area contributed by atoms with Gasteiger partial charge in [-0.1, -0.05) is 56.8 Å². The topological polar surface area (TPSA) is 12.0 Å². The van der Waals surface area contributed by atoms with Crippen molar-refractivity contribution in [3.05, 3.63) is 34.3 Å². The van der Waals surface area contributed by atoms with E-state index in [0.29, 0.717) is 6.04 Å². The van der Waals surface area contributed by atoms with Crippen LogP contribution in [0.1, 0.15) is 63.1 Å². The van der Waals surface area contributed by atoms with Gasteiger partial charge in [-0.3, -0.25) is 0 Å². The summed E-state index contributed by atoms with van der Waals surface area (Å²) in [5, 5.41) is 4.52. The molecule has 102 valence electrons. The van der Waals surface area contributed by atoms with Crippen LogP contribution in [0.25, 0.3) is 0 Å². The molecule has 18 heavy (non-hydrogen) atoms. The zero-order valence-corrected chi connectivity index (χ0v) is 12.7. The van der Waals surface area contributed by atoms with Gasteiger partial charge in [0.15, 0.2) is 0 Å². The van der Waals surface area contributed by atoms with Crippen LogP contribution in [0.5, 0.6) is 0 Å². The Kier molecular flexibility index (Phi) is 7.38. The molecule has 0 bridgehead atoms. The molecule has 0 amide bonds. The van der Waals surface area contributed by atoms with E-state index in [1.165, 1.54) is 36.8 Å². The Labute approximate surface area is 117 Å². The standard InChI is InChI=1S/C16H26ClN/c1-4-6-7-8-16(18-11-5-2)14-10-9-13(3)12-15(14)17/h9-10,12,16,18H,4-8,11H2,1-3H3. The maximum absolute atomic E-state index is 6.38. The first-order valence-electron chi connectivity index (χ1n) is 7.18. The van der Waals surface area contributed by atoms with Crippen molar-refractivity contribution >= 4 is 11.6 Å². The molecular formula is C16H26ClN. The summed E-state index contributed by atoms with van der Waals surface area (Å²) < 4.78 is 0. The zero-order chi connectivity index (χ0) is 13.4. The van der Waals surface area contributed by atoms with Gasteiger partial charge in [0.05, 0.1) is 0 Å². The Morgan fingerprint density at radius 2 is 1.94 bits per heavy atom. The summed E-state index contributed by atoms with van der Waals surface area (Å²) in [6.45, 7) is 7.59. The van der Waals surface area contributed by atoms with E-state index in [-0.39, 0.29) is 0 Å². The number of nitrogens with one attached hydrogen (secondary N) is 1. The molecule has 0 aliphatic rings. The summed E-state index contributed by atoms with van der Waals surface area (Å²) in [4.78, 5) is 0. The molecule has 0 radical (unpaired) electrons. The van der Waals surface area contributed by atoms with Gasteiger partial charge in [0, 0.05) is 11.1 Å². The maximum atomic E-state index is 6.38. The van der Waals surface area contributed by atoms with E-state index in [1.807, 2.05) is 0 Å². The highest BCUT2D eigenvalue weighted by molar-refractivity contribution is 6.31. The molecule has 1 N–H and O–H groups in total. The van der Waals surface area contributed by atoms with Gasteiger partial charge in [-0.15, -0.1) is 0 Å². The van der Waals surface area contributed by atoms with Crippen LogP contribution in [0.15, 0.2) is 18.2 Å². The lowest BCUT2D eigenvalue weighted by Gasteiger charge is -2.20. The molecule has 1 aromatic rings. The molecule has 0 heterocycles. The number of unbranched alkanes of at least 4 members (excludes halogenated alkanes) is 2. The molecular weight excluding hydrogens is 242 g/mol. The van der Waals surface area contributed by atoms with Crippen molar-refractivity contribution < 1.29 is 0 Å². The van der Waals surface area contributed by atoms with Crippen LogP contribution in [-0.4, -0.2) is 6.54 Å². The number of hydrogen-bond donors (Lipinski definition) is 1. The fourth-order valence-corrected chi connectivity index (χ4v) is 2.57. The van der Waals surface area contributed by atoms with Gasteiger partial charge in [-0.25, -0.2) is 0 Å². The monoisotopic (exact) mass is 267 g/mol. The minimum Gasteiger partial charge on any atom is -0.310 e. The Bertz CT molecular complexity index is 349. The predicted octanol–water partition coefficient (Wildman–Crippen LogP) is 5.27. The van der Waals surface area contributed by atoms with E-state index in [2.05, 4.69) is 44.3 Å². The van der Waals surface area contributed by atoms with Crippen LogP contribution in [0.4, 0.5) is 0 Å². The minimum absolute atomic E-state index is 0.407. The largest absolute Gasteiger partial charge is 0.310 e. The van der Waals surface area contributed by atoms with Crippen molar-refractivity contribution in [3.63, 3.8) is 0 Å². The SMILES string of the molecule is CCCCCC(NCCC)c1ccc(C)cc1Cl. The van der Waals surface area contributed by atoms with Crippen molar-refractivity contribution in [1.29, 1.82) is 0 Å². The molecule has 0 spiro atoms. The summed E-state index contributed by atoms with van der Waals surface area (Å²) in [7, 11) is 0. The van der Waals surface area contributed by atoms with Crippen molar-refractivity contribution in [2.24, 2.45) is 0 Å². The molecule has 0 aliphatic heterocycles. The van der Waals surface area contributed by atoms with Crippen LogP contribution >= 0.6 is 11.6 Å². The molecule has 0 saturated heterocycles. The summed E-state index contributed by atoms with van der Waals surface area (Å²) in [6, 6.07) is 6.81. The van der Waals surface area contributed by atoms with Crippen molar-refractivity contribution in [2.45, 2.75) is 58.9 Å². The molecule has 1 atom stereocenters. The lowest BCUT2D eigenvalue weighted by Crippen LogP contribution is -2.22. The first kappa shape index (κ1) is 15.5. The molecule has 0 aliphatic carbocycles.